The minimum atomic E-state index is -0.324. The Kier molecular flexibility index (Phi) is 3.97. The van der Waals surface area contributed by atoms with Crippen LogP contribution in [-0.4, -0.2) is 35.3 Å². The quantitative estimate of drug-likeness (QED) is 0.830. The topological polar surface area (TPSA) is 89.1 Å². The van der Waals surface area contributed by atoms with Crippen LogP contribution >= 0.6 is 0 Å². The molecule has 0 fully saturated rings. The molecule has 2 aromatic rings. The Morgan fingerprint density at radius 1 is 1.37 bits per heavy atom. The van der Waals surface area contributed by atoms with Gasteiger partial charge in [0.25, 0.3) is 5.91 Å². The number of H-pyrrole nitrogens is 1. The third kappa shape index (κ3) is 3.01. The lowest BCUT2D eigenvalue weighted by atomic mass is 10.2. The van der Waals surface area contributed by atoms with E-state index < -0.39 is 0 Å². The number of aromatic nitrogens is 3. The number of carbonyl (C=O) groups is 1. The van der Waals surface area contributed by atoms with Crippen LogP contribution in [0.3, 0.4) is 0 Å². The molecular formula is C12H14N4O3. The molecule has 0 aliphatic rings. The van der Waals surface area contributed by atoms with Gasteiger partial charge in [-0.3, -0.25) is 9.89 Å². The Morgan fingerprint density at radius 2 is 2.21 bits per heavy atom. The summed E-state index contributed by atoms with van der Waals surface area (Å²) < 4.78 is 10.3. The van der Waals surface area contributed by atoms with Crippen molar-refractivity contribution in [3.63, 3.8) is 0 Å². The molecule has 7 nitrogen and oxygen atoms in total. The summed E-state index contributed by atoms with van der Waals surface area (Å²) in [5.74, 6) is 1.20. The van der Waals surface area contributed by atoms with Crippen LogP contribution in [0.4, 0.5) is 0 Å². The second kappa shape index (κ2) is 5.85. The van der Waals surface area contributed by atoms with Crippen LogP contribution in [0.2, 0.25) is 0 Å². The number of hydrogen-bond acceptors (Lipinski definition) is 5. The third-order valence-corrected chi connectivity index (χ3v) is 2.56. The van der Waals surface area contributed by atoms with Crippen LogP contribution < -0.4 is 14.8 Å². The van der Waals surface area contributed by atoms with E-state index in [1.54, 1.807) is 26.4 Å². The summed E-state index contributed by atoms with van der Waals surface area (Å²) >= 11 is 0. The van der Waals surface area contributed by atoms with Crippen molar-refractivity contribution in [2.45, 2.75) is 6.54 Å². The van der Waals surface area contributed by atoms with Crippen molar-refractivity contribution in [2.24, 2.45) is 0 Å². The molecule has 7 heteroatoms. The van der Waals surface area contributed by atoms with Gasteiger partial charge in [-0.2, -0.15) is 5.10 Å². The van der Waals surface area contributed by atoms with E-state index in [1.807, 2.05) is 6.07 Å². The molecule has 0 unspecified atom stereocenters. The predicted molar refractivity (Wildman–Crippen MR) is 67.1 cm³/mol. The van der Waals surface area contributed by atoms with Gasteiger partial charge in [0.2, 0.25) is 5.82 Å². The normalized spacial score (nSPS) is 10.0. The molecule has 1 amide bonds. The van der Waals surface area contributed by atoms with Gasteiger partial charge in [-0.25, -0.2) is 4.98 Å². The van der Waals surface area contributed by atoms with Crippen molar-refractivity contribution in [3.8, 4) is 11.5 Å². The number of carbonyl (C=O) groups excluding carboxylic acids is 1. The smallest absolute Gasteiger partial charge is 0.288 e. The number of aromatic amines is 1. The zero-order valence-electron chi connectivity index (χ0n) is 10.6. The SMILES string of the molecule is COc1ccc(CNC(=O)c2ncn[nH]2)c(OC)c1. The second-order valence-electron chi connectivity index (χ2n) is 3.69. The van der Waals surface area contributed by atoms with Gasteiger partial charge in [-0.05, 0) is 12.1 Å². The molecule has 0 aliphatic carbocycles. The zero-order valence-corrected chi connectivity index (χ0v) is 10.6. The lowest BCUT2D eigenvalue weighted by Gasteiger charge is -2.10. The minimum absolute atomic E-state index is 0.174. The fourth-order valence-electron chi connectivity index (χ4n) is 1.57. The number of benzene rings is 1. The van der Waals surface area contributed by atoms with Gasteiger partial charge in [0.15, 0.2) is 0 Å². The van der Waals surface area contributed by atoms with Gasteiger partial charge in [0, 0.05) is 18.2 Å². The van der Waals surface area contributed by atoms with Crippen molar-refractivity contribution in [1.29, 1.82) is 0 Å². The summed E-state index contributed by atoms with van der Waals surface area (Å²) in [4.78, 5) is 15.5. The lowest BCUT2D eigenvalue weighted by Crippen LogP contribution is -2.24. The molecule has 2 N–H and O–H groups in total. The Balaban J connectivity index is 2.05. The summed E-state index contributed by atoms with van der Waals surface area (Å²) in [6.45, 7) is 0.326. The fourth-order valence-corrected chi connectivity index (χ4v) is 1.57. The molecule has 1 aromatic heterocycles. The van der Waals surface area contributed by atoms with E-state index in [2.05, 4.69) is 20.5 Å². The molecule has 0 spiro atoms. The fraction of sp³-hybridized carbons (Fsp3) is 0.250. The maximum Gasteiger partial charge on any atom is 0.288 e. The molecule has 2 rings (SSSR count). The van der Waals surface area contributed by atoms with Gasteiger partial charge < -0.3 is 14.8 Å². The number of methoxy groups -OCH3 is 2. The first-order valence-corrected chi connectivity index (χ1v) is 5.59. The van der Waals surface area contributed by atoms with Gasteiger partial charge in [0.1, 0.15) is 17.8 Å². The Bertz CT molecular complexity index is 554. The number of nitrogens with one attached hydrogen (secondary N) is 2. The van der Waals surface area contributed by atoms with E-state index in [-0.39, 0.29) is 11.7 Å². The standard InChI is InChI=1S/C12H14N4O3/c1-18-9-4-3-8(10(5-9)19-2)6-13-12(17)11-14-7-15-16-11/h3-5,7H,6H2,1-2H3,(H,13,17)(H,14,15,16). The average Bonchev–Trinajstić information content (AvgIpc) is 2.98. The predicted octanol–water partition coefficient (Wildman–Crippen LogP) is 0.752. The van der Waals surface area contributed by atoms with Crippen molar-refractivity contribution in [1.82, 2.24) is 20.5 Å². The highest BCUT2D eigenvalue weighted by Gasteiger charge is 2.10. The third-order valence-electron chi connectivity index (χ3n) is 2.56. The monoisotopic (exact) mass is 262 g/mol. The molecule has 0 radical (unpaired) electrons. The molecule has 19 heavy (non-hydrogen) atoms. The summed E-state index contributed by atoms with van der Waals surface area (Å²) in [6, 6.07) is 5.40. The molecule has 0 aliphatic heterocycles. The van der Waals surface area contributed by atoms with Gasteiger partial charge >= 0.3 is 0 Å². The van der Waals surface area contributed by atoms with Crippen LogP contribution in [0.5, 0.6) is 11.5 Å². The van der Waals surface area contributed by atoms with Gasteiger partial charge in [-0.15, -0.1) is 0 Å². The Morgan fingerprint density at radius 3 is 2.84 bits per heavy atom. The molecule has 1 heterocycles. The zero-order chi connectivity index (χ0) is 13.7. The molecule has 1 aromatic carbocycles. The first-order valence-electron chi connectivity index (χ1n) is 5.59. The van der Waals surface area contributed by atoms with E-state index >= 15 is 0 Å². The van der Waals surface area contributed by atoms with Crippen LogP contribution in [0.15, 0.2) is 24.5 Å². The molecule has 100 valence electrons. The number of hydrogen-bond donors (Lipinski definition) is 2. The molecule has 0 bridgehead atoms. The number of ether oxygens (including phenoxy) is 2. The highest BCUT2D eigenvalue weighted by atomic mass is 16.5. The van der Waals surface area contributed by atoms with E-state index in [1.165, 1.54) is 6.33 Å². The maximum absolute atomic E-state index is 11.7. The molecule has 0 atom stereocenters. The largest absolute Gasteiger partial charge is 0.497 e. The highest BCUT2D eigenvalue weighted by molar-refractivity contribution is 5.90. The summed E-state index contributed by atoms with van der Waals surface area (Å²) in [5, 5.41) is 8.83. The van der Waals surface area contributed by atoms with Crippen molar-refractivity contribution in [2.75, 3.05) is 14.2 Å². The van der Waals surface area contributed by atoms with Crippen LogP contribution in [-0.2, 0) is 6.54 Å². The van der Waals surface area contributed by atoms with Gasteiger partial charge in [-0.1, -0.05) is 0 Å². The van der Waals surface area contributed by atoms with E-state index in [9.17, 15) is 4.79 Å². The van der Waals surface area contributed by atoms with Crippen LogP contribution in [0.25, 0.3) is 0 Å². The average molecular weight is 262 g/mol. The number of nitrogens with zero attached hydrogens (tertiary/aromatic N) is 2. The van der Waals surface area contributed by atoms with Crippen molar-refractivity contribution >= 4 is 5.91 Å². The summed E-state index contributed by atoms with van der Waals surface area (Å²) in [6.07, 6.45) is 1.28. The molecular weight excluding hydrogens is 248 g/mol. The van der Waals surface area contributed by atoms with Crippen molar-refractivity contribution < 1.29 is 14.3 Å². The van der Waals surface area contributed by atoms with Gasteiger partial charge in [0.05, 0.1) is 14.2 Å². The Labute approximate surface area is 110 Å². The summed E-state index contributed by atoms with van der Waals surface area (Å²) in [5.41, 5.74) is 0.844. The summed E-state index contributed by atoms with van der Waals surface area (Å²) in [7, 11) is 3.15. The first kappa shape index (κ1) is 12.9. The Hall–Kier alpha value is -2.57. The highest BCUT2D eigenvalue weighted by Crippen LogP contribution is 2.24. The first-order chi connectivity index (χ1) is 9.24. The second-order valence-corrected chi connectivity index (χ2v) is 3.69. The molecule has 0 saturated heterocycles. The number of amides is 1. The number of rotatable bonds is 5. The molecule has 0 saturated carbocycles. The van der Waals surface area contributed by atoms with Crippen LogP contribution in [0.1, 0.15) is 16.2 Å². The van der Waals surface area contributed by atoms with E-state index in [0.717, 1.165) is 5.56 Å². The van der Waals surface area contributed by atoms with E-state index in [0.29, 0.717) is 18.0 Å². The lowest BCUT2D eigenvalue weighted by molar-refractivity contribution is 0.0940. The van der Waals surface area contributed by atoms with Crippen molar-refractivity contribution in [3.05, 3.63) is 35.9 Å². The maximum atomic E-state index is 11.7. The van der Waals surface area contributed by atoms with E-state index in [4.69, 9.17) is 9.47 Å². The van der Waals surface area contributed by atoms with Crippen LogP contribution in [0, 0.1) is 0 Å². The minimum Gasteiger partial charge on any atom is -0.497 e.